The summed E-state index contributed by atoms with van der Waals surface area (Å²) in [6.45, 7) is 4.08. The molecule has 0 amide bonds. The van der Waals surface area contributed by atoms with E-state index in [1.807, 2.05) is 14.0 Å². The summed E-state index contributed by atoms with van der Waals surface area (Å²) in [5.74, 6) is 8.60. The van der Waals surface area contributed by atoms with Crippen LogP contribution in [0.3, 0.4) is 0 Å². The van der Waals surface area contributed by atoms with Crippen LogP contribution in [-0.4, -0.2) is 17.0 Å². The molecule has 21 heavy (non-hydrogen) atoms. The first-order valence-corrected chi connectivity index (χ1v) is 7.25. The summed E-state index contributed by atoms with van der Waals surface area (Å²) in [5.41, 5.74) is 6.01. The van der Waals surface area contributed by atoms with Gasteiger partial charge in [-0.3, -0.25) is 0 Å². The number of benzene rings is 1. The summed E-state index contributed by atoms with van der Waals surface area (Å²) < 4.78 is 0. The summed E-state index contributed by atoms with van der Waals surface area (Å²) in [4.78, 5) is 11.4. The van der Waals surface area contributed by atoms with Crippen molar-refractivity contribution in [2.75, 3.05) is 17.4 Å². The van der Waals surface area contributed by atoms with Crippen molar-refractivity contribution in [1.29, 1.82) is 0 Å². The Morgan fingerprint density at radius 3 is 2.38 bits per heavy atom. The molecule has 5 nitrogen and oxygen atoms in total. The number of nitrogens with two attached hydrogens (primary N) is 1. The van der Waals surface area contributed by atoms with Gasteiger partial charge in [-0.2, -0.15) is 0 Å². The van der Waals surface area contributed by atoms with E-state index in [9.17, 15) is 0 Å². The lowest BCUT2D eigenvalue weighted by Gasteiger charge is -2.22. The maximum atomic E-state index is 5.61. The quantitative estimate of drug-likeness (QED) is 0.667. The van der Waals surface area contributed by atoms with E-state index in [1.165, 1.54) is 18.4 Å². The lowest BCUT2D eigenvalue weighted by molar-refractivity contribution is 0.903. The summed E-state index contributed by atoms with van der Waals surface area (Å²) in [6, 6.07) is 8.41. The Hall–Kier alpha value is -2.14. The number of hydrogen-bond acceptors (Lipinski definition) is 5. The smallest absolute Gasteiger partial charge is 0.148 e. The second-order valence-electron chi connectivity index (χ2n) is 5.69. The van der Waals surface area contributed by atoms with Gasteiger partial charge in [-0.05, 0) is 38.8 Å². The molecule has 1 heterocycles. The summed E-state index contributed by atoms with van der Waals surface area (Å²) in [6.07, 6.45) is 2.33. The fourth-order valence-electron chi connectivity index (χ4n) is 2.40. The molecule has 1 aliphatic rings. The fraction of sp³-hybridized carbons (Fsp3) is 0.375. The van der Waals surface area contributed by atoms with Crippen molar-refractivity contribution in [3.05, 3.63) is 41.2 Å². The average molecular weight is 283 g/mol. The van der Waals surface area contributed by atoms with Crippen LogP contribution >= 0.6 is 0 Å². The minimum absolute atomic E-state index is 0.489. The summed E-state index contributed by atoms with van der Waals surface area (Å²) in [7, 11) is 2.02. The highest BCUT2D eigenvalue weighted by atomic mass is 15.3. The molecule has 0 spiro atoms. The monoisotopic (exact) mass is 283 g/mol. The lowest BCUT2D eigenvalue weighted by Crippen LogP contribution is -2.18. The molecule has 3 N–H and O–H groups in total. The number of nitrogens with zero attached hydrogens (tertiary/aromatic N) is 3. The fourth-order valence-corrected chi connectivity index (χ4v) is 2.40. The van der Waals surface area contributed by atoms with Crippen LogP contribution in [0, 0.1) is 13.8 Å². The van der Waals surface area contributed by atoms with Crippen molar-refractivity contribution in [2.24, 2.45) is 5.84 Å². The molecule has 3 rings (SSSR count). The Kier molecular flexibility index (Phi) is 3.51. The third-order valence-corrected chi connectivity index (χ3v) is 3.96. The number of hydrazine groups is 1. The molecule has 2 aromatic rings. The standard InChI is InChI=1S/C16H21N5/c1-10-4-8-13(9-5-10)21(3)16-11(2)14(20-17)18-15(19-16)12-6-7-12/h4-5,8-9,12H,6-7,17H2,1-3H3,(H,18,19,20). The SMILES string of the molecule is Cc1ccc(N(C)c2nc(C3CC3)nc(NN)c2C)cc1. The van der Waals surface area contributed by atoms with Crippen LogP contribution in [-0.2, 0) is 0 Å². The van der Waals surface area contributed by atoms with Crippen LogP contribution in [0.1, 0.15) is 35.7 Å². The third-order valence-electron chi connectivity index (χ3n) is 3.96. The number of hydrogen-bond donors (Lipinski definition) is 2. The molecule has 0 aliphatic heterocycles. The Labute approximate surface area is 125 Å². The number of rotatable bonds is 4. The highest BCUT2D eigenvalue weighted by Crippen LogP contribution is 2.40. The maximum absolute atomic E-state index is 5.61. The Balaban J connectivity index is 2.03. The third kappa shape index (κ3) is 2.69. The Morgan fingerprint density at radius 1 is 1.14 bits per heavy atom. The Bertz CT molecular complexity index is 646. The van der Waals surface area contributed by atoms with Gasteiger partial charge in [0.1, 0.15) is 17.5 Å². The van der Waals surface area contributed by atoms with E-state index in [0.717, 1.165) is 22.9 Å². The molecule has 0 unspecified atom stereocenters. The van der Waals surface area contributed by atoms with Crippen molar-refractivity contribution in [1.82, 2.24) is 9.97 Å². The predicted octanol–water partition coefficient (Wildman–Crippen LogP) is 3.02. The minimum atomic E-state index is 0.489. The largest absolute Gasteiger partial charge is 0.329 e. The maximum Gasteiger partial charge on any atom is 0.148 e. The van der Waals surface area contributed by atoms with E-state index in [4.69, 9.17) is 10.8 Å². The molecule has 5 heteroatoms. The van der Waals surface area contributed by atoms with Crippen molar-refractivity contribution < 1.29 is 0 Å². The zero-order chi connectivity index (χ0) is 15.0. The molecular weight excluding hydrogens is 262 g/mol. The second-order valence-corrected chi connectivity index (χ2v) is 5.69. The van der Waals surface area contributed by atoms with Gasteiger partial charge in [-0.25, -0.2) is 15.8 Å². The van der Waals surface area contributed by atoms with E-state index >= 15 is 0 Å². The molecule has 0 radical (unpaired) electrons. The molecule has 1 aromatic carbocycles. The van der Waals surface area contributed by atoms with E-state index in [2.05, 4.69) is 46.5 Å². The first kappa shape index (κ1) is 13.8. The van der Waals surface area contributed by atoms with E-state index in [-0.39, 0.29) is 0 Å². The van der Waals surface area contributed by atoms with Crippen LogP contribution in [0.2, 0.25) is 0 Å². The molecule has 0 atom stereocenters. The van der Waals surface area contributed by atoms with E-state index < -0.39 is 0 Å². The average Bonchev–Trinajstić information content (AvgIpc) is 3.32. The second kappa shape index (κ2) is 5.33. The van der Waals surface area contributed by atoms with Gasteiger partial charge in [0, 0.05) is 24.2 Å². The van der Waals surface area contributed by atoms with Crippen LogP contribution in [0.4, 0.5) is 17.3 Å². The molecule has 110 valence electrons. The number of aryl methyl sites for hydroxylation is 1. The van der Waals surface area contributed by atoms with Crippen LogP contribution in [0.25, 0.3) is 0 Å². The van der Waals surface area contributed by atoms with Gasteiger partial charge in [0.2, 0.25) is 0 Å². The van der Waals surface area contributed by atoms with Gasteiger partial charge in [-0.15, -0.1) is 0 Å². The van der Waals surface area contributed by atoms with Crippen molar-refractivity contribution in [3.63, 3.8) is 0 Å². The van der Waals surface area contributed by atoms with Crippen molar-refractivity contribution >= 4 is 17.3 Å². The molecule has 1 saturated carbocycles. The number of anilines is 3. The van der Waals surface area contributed by atoms with Gasteiger partial charge >= 0.3 is 0 Å². The molecule has 1 aliphatic carbocycles. The van der Waals surface area contributed by atoms with Gasteiger partial charge in [0.25, 0.3) is 0 Å². The molecule has 0 saturated heterocycles. The molecule has 1 fully saturated rings. The zero-order valence-corrected chi connectivity index (χ0v) is 12.7. The van der Waals surface area contributed by atoms with Crippen molar-refractivity contribution in [2.45, 2.75) is 32.6 Å². The highest BCUT2D eigenvalue weighted by molar-refractivity contribution is 5.67. The number of nitrogens with one attached hydrogen (secondary N) is 1. The molecule has 0 bridgehead atoms. The van der Waals surface area contributed by atoms with Gasteiger partial charge in [0.05, 0.1) is 0 Å². The topological polar surface area (TPSA) is 67.1 Å². The first-order chi connectivity index (χ1) is 10.1. The highest BCUT2D eigenvalue weighted by Gasteiger charge is 2.28. The van der Waals surface area contributed by atoms with Crippen LogP contribution < -0.4 is 16.2 Å². The van der Waals surface area contributed by atoms with Gasteiger partial charge < -0.3 is 10.3 Å². The zero-order valence-electron chi connectivity index (χ0n) is 12.7. The van der Waals surface area contributed by atoms with E-state index in [0.29, 0.717) is 11.7 Å². The number of aromatic nitrogens is 2. The van der Waals surface area contributed by atoms with Crippen LogP contribution in [0.15, 0.2) is 24.3 Å². The Morgan fingerprint density at radius 2 is 1.81 bits per heavy atom. The van der Waals surface area contributed by atoms with Crippen molar-refractivity contribution in [3.8, 4) is 0 Å². The molecular formula is C16H21N5. The van der Waals surface area contributed by atoms with Gasteiger partial charge in [0.15, 0.2) is 0 Å². The summed E-state index contributed by atoms with van der Waals surface area (Å²) in [5, 5.41) is 0. The lowest BCUT2D eigenvalue weighted by atomic mass is 10.2. The first-order valence-electron chi connectivity index (χ1n) is 7.25. The minimum Gasteiger partial charge on any atom is -0.329 e. The molecule has 1 aromatic heterocycles. The number of nitrogen functional groups attached to an aromatic ring is 1. The van der Waals surface area contributed by atoms with Gasteiger partial charge in [-0.1, -0.05) is 17.7 Å². The predicted molar refractivity (Wildman–Crippen MR) is 85.8 cm³/mol. The van der Waals surface area contributed by atoms with E-state index in [1.54, 1.807) is 0 Å². The normalized spacial score (nSPS) is 14.1. The summed E-state index contributed by atoms with van der Waals surface area (Å²) >= 11 is 0. The van der Waals surface area contributed by atoms with Crippen LogP contribution in [0.5, 0.6) is 0 Å².